The minimum absolute atomic E-state index is 0.00497. The first-order valence-electron chi connectivity index (χ1n) is 6.75. The number of halogens is 1. The highest BCUT2D eigenvalue weighted by Crippen LogP contribution is 2.26. The zero-order chi connectivity index (χ0) is 14.7. The molecule has 0 aliphatic carbocycles. The van der Waals surface area contributed by atoms with Crippen molar-refractivity contribution < 1.29 is 9.53 Å². The number of carbonyl (C=O) groups is 1. The van der Waals surface area contributed by atoms with Gasteiger partial charge in [0.1, 0.15) is 5.75 Å². The number of ether oxygens (including phenoxy) is 1. The first kappa shape index (κ1) is 15.5. The molecule has 0 amide bonds. The van der Waals surface area contributed by atoms with Gasteiger partial charge in [-0.3, -0.25) is 9.69 Å². The van der Waals surface area contributed by atoms with Gasteiger partial charge in [0.25, 0.3) is 0 Å². The smallest absolute Gasteiger partial charge is 0.155 e. The molecular weight excluding hydrogens is 320 g/mol. The standard InChI is InChI=1S/C15H21BrN2O2/c1-17-6-7-18(2)13(10-17)14(19)9-11-4-5-15(20-3)12(16)8-11/h4-5,8,13H,6-7,9-10H2,1-3H3. The molecule has 110 valence electrons. The summed E-state index contributed by atoms with van der Waals surface area (Å²) in [7, 11) is 5.73. The van der Waals surface area contributed by atoms with Gasteiger partial charge in [0.15, 0.2) is 5.78 Å². The van der Waals surface area contributed by atoms with Gasteiger partial charge in [-0.1, -0.05) is 6.07 Å². The lowest BCUT2D eigenvalue weighted by molar-refractivity contribution is -0.125. The van der Waals surface area contributed by atoms with E-state index in [0.717, 1.165) is 35.4 Å². The minimum Gasteiger partial charge on any atom is -0.496 e. The summed E-state index contributed by atoms with van der Waals surface area (Å²) in [6.07, 6.45) is 0.464. The second kappa shape index (κ2) is 6.70. The van der Waals surface area contributed by atoms with E-state index >= 15 is 0 Å². The third-order valence-corrected chi connectivity index (χ3v) is 4.44. The third-order valence-electron chi connectivity index (χ3n) is 3.82. The van der Waals surface area contributed by atoms with Crippen LogP contribution in [0.2, 0.25) is 0 Å². The Morgan fingerprint density at radius 1 is 1.40 bits per heavy atom. The molecule has 1 heterocycles. The van der Waals surface area contributed by atoms with Gasteiger partial charge in [0.05, 0.1) is 17.6 Å². The number of ketones is 1. The summed E-state index contributed by atoms with van der Waals surface area (Å²) in [6, 6.07) is 5.80. The number of hydrogen-bond donors (Lipinski definition) is 0. The van der Waals surface area contributed by atoms with Gasteiger partial charge in [-0.15, -0.1) is 0 Å². The zero-order valence-electron chi connectivity index (χ0n) is 12.2. The molecule has 1 unspecified atom stereocenters. The molecule has 1 saturated heterocycles. The second-order valence-electron chi connectivity index (χ2n) is 5.37. The van der Waals surface area contributed by atoms with Crippen LogP contribution in [-0.2, 0) is 11.2 Å². The average molecular weight is 341 g/mol. The van der Waals surface area contributed by atoms with Crippen molar-refractivity contribution in [2.45, 2.75) is 12.5 Å². The molecule has 20 heavy (non-hydrogen) atoms. The highest BCUT2D eigenvalue weighted by molar-refractivity contribution is 9.10. The highest BCUT2D eigenvalue weighted by Gasteiger charge is 2.28. The molecule has 0 aromatic heterocycles. The topological polar surface area (TPSA) is 32.8 Å². The number of rotatable bonds is 4. The van der Waals surface area contributed by atoms with Crippen LogP contribution < -0.4 is 4.74 Å². The Hall–Kier alpha value is -0.910. The SMILES string of the molecule is COc1ccc(CC(=O)C2CN(C)CCN2C)cc1Br. The summed E-state index contributed by atoms with van der Waals surface area (Å²) in [5, 5.41) is 0. The molecule has 4 nitrogen and oxygen atoms in total. The van der Waals surface area contributed by atoms with Gasteiger partial charge in [0, 0.05) is 26.1 Å². The van der Waals surface area contributed by atoms with Crippen molar-refractivity contribution in [3.63, 3.8) is 0 Å². The van der Waals surface area contributed by atoms with E-state index < -0.39 is 0 Å². The number of hydrogen-bond acceptors (Lipinski definition) is 4. The molecule has 0 N–H and O–H groups in total. The van der Waals surface area contributed by atoms with Gasteiger partial charge in [0.2, 0.25) is 0 Å². The molecule has 1 aliphatic rings. The summed E-state index contributed by atoms with van der Waals surface area (Å²) in [5.74, 6) is 1.06. The Morgan fingerprint density at radius 3 is 2.80 bits per heavy atom. The lowest BCUT2D eigenvalue weighted by Gasteiger charge is -2.36. The van der Waals surface area contributed by atoms with Crippen LogP contribution in [0.4, 0.5) is 0 Å². The monoisotopic (exact) mass is 340 g/mol. The molecule has 1 aromatic carbocycles. The summed E-state index contributed by atoms with van der Waals surface area (Å²) < 4.78 is 6.09. The van der Waals surface area contributed by atoms with E-state index in [1.54, 1.807) is 7.11 Å². The second-order valence-corrected chi connectivity index (χ2v) is 6.22. The molecule has 0 radical (unpaired) electrons. The van der Waals surface area contributed by atoms with Crippen LogP contribution in [0.3, 0.4) is 0 Å². The van der Waals surface area contributed by atoms with Gasteiger partial charge in [-0.05, 0) is 47.7 Å². The fourth-order valence-corrected chi connectivity index (χ4v) is 3.08. The van der Waals surface area contributed by atoms with Crippen molar-refractivity contribution in [3.05, 3.63) is 28.2 Å². The van der Waals surface area contributed by atoms with Crippen LogP contribution >= 0.6 is 15.9 Å². The molecule has 1 atom stereocenters. The summed E-state index contributed by atoms with van der Waals surface area (Å²) in [6.45, 7) is 2.78. The normalized spacial score (nSPS) is 20.9. The number of methoxy groups -OCH3 is 1. The van der Waals surface area contributed by atoms with Crippen LogP contribution in [0.1, 0.15) is 5.56 Å². The number of carbonyl (C=O) groups excluding carboxylic acids is 1. The van der Waals surface area contributed by atoms with Crippen LogP contribution in [0.5, 0.6) is 5.75 Å². The van der Waals surface area contributed by atoms with Crippen molar-refractivity contribution in [2.24, 2.45) is 0 Å². The number of Topliss-reactive ketones (excluding diaryl/α,β-unsaturated/α-hetero) is 1. The van der Waals surface area contributed by atoms with Crippen molar-refractivity contribution in [2.75, 3.05) is 40.8 Å². The Morgan fingerprint density at radius 2 is 2.15 bits per heavy atom. The van der Waals surface area contributed by atoms with Crippen molar-refractivity contribution >= 4 is 21.7 Å². The summed E-state index contributed by atoms with van der Waals surface area (Å²) >= 11 is 3.46. The molecular formula is C15H21BrN2O2. The summed E-state index contributed by atoms with van der Waals surface area (Å²) in [4.78, 5) is 16.8. The largest absolute Gasteiger partial charge is 0.496 e. The lowest BCUT2D eigenvalue weighted by Crippen LogP contribution is -2.53. The van der Waals surface area contributed by atoms with E-state index in [0.29, 0.717) is 6.42 Å². The number of likely N-dealkylation sites (N-methyl/N-ethyl adjacent to an activating group) is 2. The number of nitrogens with zero attached hydrogens (tertiary/aromatic N) is 2. The lowest BCUT2D eigenvalue weighted by atomic mass is 10.0. The molecule has 0 saturated carbocycles. The Bertz CT molecular complexity index is 493. The fourth-order valence-electron chi connectivity index (χ4n) is 2.50. The Balaban J connectivity index is 2.05. The van der Waals surface area contributed by atoms with E-state index in [4.69, 9.17) is 4.74 Å². The van der Waals surface area contributed by atoms with E-state index in [-0.39, 0.29) is 11.8 Å². The van der Waals surface area contributed by atoms with Crippen LogP contribution in [0, 0.1) is 0 Å². The molecule has 0 spiro atoms. The molecule has 1 aromatic rings. The van der Waals surface area contributed by atoms with Gasteiger partial charge < -0.3 is 9.64 Å². The Kier molecular flexibility index (Phi) is 5.18. The quantitative estimate of drug-likeness (QED) is 0.836. The number of benzene rings is 1. The van der Waals surface area contributed by atoms with Gasteiger partial charge in [-0.25, -0.2) is 0 Å². The number of piperazine rings is 1. The van der Waals surface area contributed by atoms with E-state index in [1.807, 2.05) is 25.2 Å². The van der Waals surface area contributed by atoms with Crippen molar-refractivity contribution in [1.82, 2.24) is 9.80 Å². The van der Waals surface area contributed by atoms with Crippen molar-refractivity contribution in [1.29, 1.82) is 0 Å². The van der Waals surface area contributed by atoms with Gasteiger partial charge >= 0.3 is 0 Å². The zero-order valence-corrected chi connectivity index (χ0v) is 13.8. The third kappa shape index (κ3) is 3.59. The maximum Gasteiger partial charge on any atom is 0.155 e. The highest BCUT2D eigenvalue weighted by atomic mass is 79.9. The Labute approximate surface area is 128 Å². The van der Waals surface area contributed by atoms with Gasteiger partial charge in [-0.2, -0.15) is 0 Å². The fraction of sp³-hybridized carbons (Fsp3) is 0.533. The van der Waals surface area contributed by atoms with Crippen LogP contribution in [-0.4, -0.2) is 62.5 Å². The predicted octanol–water partition coefficient (Wildman–Crippen LogP) is 1.82. The van der Waals surface area contributed by atoms with Crippen LogP contribution in [0.15, 0.2) is 22.7 Å². The molecule has 1 aliphatic heterocycles. The van der Waals surface area contributed by atoms with Crippen molar-refractivity contribution in [3.8, 4) is 5.75 Å². The average Bonchev–Trinajstić information content (AvgIpc) is 2.41. The molecule has 0 bridgehead atoms. The predicted molar refractivity (Wildman–Crippen MR) is 83.3 cm³/mol. The maximum atomic E-state index is 12.5. The minimum atomic E-state index is -0.00497. The van der Waals surface area contributed by atoms with E-state index in [1.165, 1.54) is 0 Å². The first-order chi connectivity index (χ1) is 9.51. The maximum absolute atomic E-state index is 12.5. The molecule has 2 rings (SSSR count). The molecule has 1 fully saturated rings. The van der Waals surface area contributed by atoms with Crippen LogP contribution in [0.25, 0.3) is 0 Å². The van der Waals surface area contributed by atoms with E-state index in [9.17, 15) is 4.79 Å². The first-order valence-corrected chi connectivity index (χ1v) is 7.54. The summed E-state index contributed by atoms with van der Waals surface area (Å²) in [5.41, 5.74) is 1.02. The molecule has 5 heteroatoms. The van der Waals surface area contributed by atoms with E-state index in [2.05, 4.69) is 32.8 Å².